The van der Waals surface area contributed by atoms with Gasteiger partial charge in [0.15, 0.2) is 0 Å². The van der Waals surface area contributed by atoms with Gasteiger partial charge in [-0.05, 0) is 12.1 Å². The first-order valence-corrected chi connectivity index (χ1v) is 6.00. The van der Waals surface area contributed by atoms with Crippen LogP contribution in [0.5, 0.6) is 0 Å². The van der Waals surface area contributed by atoms with Gasteiger partial charge >= 0.3 is 0 Å². The summed E-state index contributed by atoms with van der Waals surface area (Å²) in [5.74, 6) is 0.715. The van der Waals surface area contributed by atoms with E-state index in [1.54, 1.807) is 18.0 Å². The van der Waals surface area contributed by atoms with E-state index in [9.17, 15) is 0 Å². The van der Waals surface area contributed by atoms with Crippen LogP contribution in [0.15, 0.2) is 29.4 Å². The maximum atomic E-state index is 5.87. The van der Waals surface area contributed by atoms with Crippen LogP contribution in [0.4, 0.5) is 0 Å². The normalized spacial score (nSPS) is 10.4. The van der Waals surface area contributed by atoms with E-state index in [0.717, 1.165) is 10.7 Å². The third kappa shape index (κ3) is 2.43. The van der Waals surface area contributed by atoms with Crippen molar-refractivity contribution in [1.29, 1.82) is 0 Å². The van der Waals surface area contributed by atoms with Crippen molar-refractivity contribution in [1.82, 2.24) is 14.6 Å². The van der Waals surface area contributed by atoms with E-state index in [1.807, 2.05) is 18.2 Å². The van der Waals surface area contributed by atoms with Gasteiger partial charge in [0.2, 0.25) is 0 Å². The van der Waals surface area contributed by atoms with Gasteiger partial charge in [-0.15, -0.1) is 5.10 Å². The largest absolute Gasteiger partial charge is 0.250 e. The Labute approximate surface area is 94.7 Å². The lowest BCUT2D eigenvalue weighted by Gasteiger charge is -1.96. The molecular weight excluding hydrogens is 238 g/mol. The fourth-order valence-corrected chi connectivity index (χ4v) is 2.45. The van der Waals surface area contributed by atoms with E-state index in [1.165, 1.54) is 11.5 Å². The van der Waals surface area contributed by atoms with Gasteiger partial charge in [-0.1, -0.05) is 33.9 Å². The van der Waals surface area contributed by atoms with Gasteiger partial charge in [0.25, 0.3) is 0 Å². The lowest BCUT2D eigenvalue weighted by molar-refractivity contribution is 1.07. The van der Waals surface area contributed by atoms with E-state index in [0.29, 0.717) is 10.1 Å². The second-order valence-electron chi connectivity index (χ2n) is 2.45. The SMILES string of the molecule is Clc1snnc1CSc1ccccn1. The average Bonchev–Trinajstić information content (AvgIpc) is 2.63. The first kappa shape index (κ1) is 9.89. The number of nitrogens with zero attached hydrogens (tertiary/aromatic N) is 3. The van der Waals surface area contributed by atoms with Crippen molar-refractivity contribution in [2.75, 3.05) is 0 Å². The molecule has 0 aliphatic heterocycles. The van der Waals surface area contributed by atoms with Crippen LogP contribution in [0.3, 0.4) is 0 Å². The molecule has 0 unspecified atom stereocenters. The van der Waals surface area contributed by atoms with Crippen molar-refractivity contribution in [3.63, 3.8) is 0 Å². The van der Waals surface area contributed by atoms with E-state index < -0.39 is 0 Å². The summed E-state index contributed by atoms with van der Waals surface area (Å²) in [6.07, 6.45) is 1.77. The molecular formula is C8H6ClN3S2. The predicted octanol–water partition coefficient (Wildman–Crippen LogP) is 2.88. The Bertz CT molecular complexity index is 404. The van der Waals surface area contributed by atoms with Crippen LogP contribution in [0.25, 0.3) is 0 Å². The Morgan fingerprint density at radius 1 is 1.43 bits per heavy atom. The number of pyridine rings is 1. The number of hydrogen-bond acceptors (Lipinski definition) is 5. The summed E-state index contributed by atoms with van der Waals surface area (Å²) in [4.78, 5) is 4.18. The first-order valence-electron chi connectivity index (χ1n) is 3.87. The topological polar surface area (TPSA) is 38.7 Å². The highest BCUT2D eigenvalue weighted by molar-refractivity contribution is 7.98. The van der Waals surface area contributed by atoms with Gasteiger partial charge in [-0.3, -0.25) is 0 Å². The highest BCUT2D eigenvalue weighted by Crippen LogP contribution is 2.25. The van der Waals surface area contributed by atoms with Crippen LogP contribution in [0.2, 0.25) is 4.34 Å². The summed E-state index contributed by atoms with van der Waals surface area (Å²) >= 11 is 8.68. The molecule has 72 valence electrons. The zero-order valence-electron chi connectivity index (χ0n) is 7.05. The molecule has 0 amide bonds. The van der Waals surface area contributed by atoms with Crippen LogP contribution in [-0.2, 0) is 5.75 Å². The van der Waals surface area contributed by atoms with Crippen molar-refractivity contribution >= 4 is 34.9 Å². The lowest BCUT2D eigenvalue weighted by atomic mass is 10.5. The molecule has 0 spiro atoms. The zero-order valence-corrected chi connectivity index (χ0v) is 9.44. The number of aromatic nitrogens is 3. The Balaban J connectivity index is 1.99. The lowest BCUT2D eigenvalue weighted by Crippen LogP contribution is -1.83. The molecule has 0 saturated carbocycles. The average molecular weight is 244 g/mol. The maximum absolute atomic E-state index is 5.87. The molecule has 0 atom stereocenters. The monoisotopic (exact) mass is 243 g/mol. The molecule has 3 nitrogen and oxygen atoms in total. The molecule has 2 aromatic heterocycles. The van der Waals surface area contributed by atoms with Gasteiger partial charge < -0.3 is 0 Å². The van der Waals surface area contributed by atoms with E-state index in [2.05, 4.69) is 14.6 Å². The molecule has 14 heavy (non-hydrogen) atoms. The minimum atomic E-state index is 0.661. The summed E-state index contributed by atoms with van der Waals surface area (Å²) in [6.45, 7) is 0. The Hall–Kier alpha value is -0.650. The summed E-state index contributed by atoms with van der Waals surface area (Å²) < 4.78 is 4.42. The second kappa shape index (κ2) is 4.72. The van der Waals surface area contributed by atoms with Crippen molar-refractivity contribution < 1.29 is 0 Å². The molecule has 6 heteroatoms. The van der Waals surface area contributed by atoms with Crippen molar-refractivity contribution in [3.8, 4) is 0 Å². The standard InChI is InChI=1S/C8H6ClN3S2/c9-8-6(11-12-14-8)5-13-7-3-1-2-4-10-7/h1-4H,5H2. The summed E-state index contributed by atoms with van der Waals surface area (Å²) in [6, 6.07) is 5.80. The second-order valence-corrected chi connectivity index (χ2v) is 4.80. The van der Waals surface area contributed by atoms with Crippen molar-refractivity contribution in [2.24, 2.45) is 0 Å². The van der Waals surface area contributed by atoms with Crippen LogP contribution in [0.1, 0.15) is 5.69 Å². The molecule has 0 aromatic carbocycles. The number of thioether (sulfide) groups is 1. The summed E-state index contributed by atoms with van der Waals surface area (Å²) in [5.41, 5.74) is 0.826. The molecule has 0 bridgehead atoms. The van der Waals surface area contributed by atoms with Gasteiger partial charge in [0, 0.05) is 23.5 Å². The Kier molecular flexibility index (Phi) is 3.34. The van der Waals surface area contributed by atoms with E-state index in [4.69, 9.17) is 11.6 Å². The highest BCUT2D eigenvalue weighted by atomic mass is 35.5. The summed E-state index contributed by atoms with van der Waals surface area (Å²) in [7, 11) is 0. The number of hydrogen-bond donors (Lipinski definition) is 0. The van der Waals surface area contributed by atoms with Gasteiger partial charge in [-0.2, -0.15) is 0 Å². The fraction of sp³-hybridized carbons (Fsp3) is 0.125. The van der Waals surface area contributed by atoms with Gasteiger partial charge in [0.1, 0.15) is 10.0 Å². The molecule has 2 heterocycles. The maximum Gasteiger partial charge on any atom is 0.138 e. The van der Waals surface area contributed by atoms with Crippen LogP contribution in [-0.4, -0.2) is 14.6 Å². The predicted molar refractivity (Wildman–Crippen MR) is 58.7 cm³/mol. The molecule has 0 aliphatic carbocycles. The first-order chi connectivity index (χ1) is 6.86. The third-order valence-electron chi connectivity index (χ3n) is 1.50. The van der Waals surface area contributed by atoms with E-state index in [-0.39, 0.29) is 0 Å². The van der Waals surface area contributed by atoms with E-state index >= 15 is 0 Å². The molecule has 2 rings (SSSR count). The van der Waals surface area contributed by atoms with Gasteiger partial charge in [0.05, 0.1) is 5.03 Å². The molecule has 0 fully saturated rings. The van der Waals surface area contributed by atoms with Crippen LogP contribution < -0.4 is 0 Å². The van der Waals surface area contributed by atoms with Crippen molar-refractivity contribution in [3.05, 3.63) is 34.4 Å². The highest BCUT2D eigenvalue weighted by Gasteiger charge is 2.05. The Morgan fingerprint density at radius 2 is 2.36 bits per heavy atom. The smallest absolute Gasteiger partial charge is 0.138 e. The molecule has 0 saturated heterocycles. The molecule has 0 radical (unpaired) electrons. The van der Waals surface area contributed by atoms with Crippen molar-refractivity contribution in [2.45, 2.75) is 10.8 Å². The fourth-order valence-electron chi connectivity index (χ4n) is 0.858. The minimum absolute atomic E-state index is 0.661. The minimum Gasteiger partial charge on any atom is -0.250 e. The van der Waals surface area contributed by atoms with Crippen LogP contribution in [0, 0.1) is 0 Å². The number of rotatable bonds is 3. The quantitative estimate of drug-likeness (QED) is 0.777. The molecule has 2 aromatic rings. The molecule has 0 N–H and O–H groups in total. The Morgan fingerprint density at radius 3 is 3.00 bits per heavy atom. The summed E-state index contributed by atoms with van der Waals surface area (Å²) in [5, 5.41) is 4.89. The molecule has 0 aliphatic rings. The third-order valence-corrected chi connectivity index (χ3v) is 3.44. The number of halogens is 1. The zero-order chi connectivity index (χ0) is 9.80. The van der Waals surface area contributed by atoms with Crippen LogP contribution >= 0.6 is 34.9 Å². The van der Waals surface area contributed by atoms with Gasteiger partial charge in [-0.25, -0.2) is 4.98 Å².